The molecular formula is C14H13NO3. The fourth-order valence-corrected chi connectivity index (χ4v) is 1.64. The SMILES string of the molecule is CN(c1ccccc1)c1ccc(OC(=O)O)cc1. The zero-order chi connectivity index (χ0) is 13.0. The number of anilines is 2. The van der Waals surface area contributed by atoms with Crippen LogP contribution < -0.4 is 9.64 Å². The van der Waals surface area contributed by atoms with Crippen molar-refractivity contribution in [3.05, 3.63) is 54.6 Å². The summed E-state index contributed by atoms with van der Waals surface area (Å²) in [5.74, 6) is 0.313. The molecule has 0 heterocycles. The standard InChI is InChI=1S/C14H13NO3/c1-15(11-5-3-2-4-6-11)12-7-9-13(10-8-12)18-14(16)17/h2-10H,1H3,(H,16,17). The van der Waals surface area contributed by atoms with Gasteiger partial charge in [0, 0.05) is 18.4 Å². The van der Waals surface area contributed by atoms with Gasteiger partial charge in [-0.05, 0) is 36.4 Å². The third kappa shape index (κ3) is 2.79. The molecule has 0 aromatic heterocycles. The van der Waals surface area contributed by atoms with Gasteiger partial charge in [0.2, 0.25) is 0 Å². The summed E-state index contributed by atoms with van der Waals surface area (Å²) in [4.78, 5) is 12.4. The molecule has 18 heavy (non-hydrogen) atoms. The lowest BCUT2D eigenvalue weighted by atomic mass is 10.2. The van der Waals surface area contributed by atoms with Gasteiger partial charge in [0.1, 0.15) is 5.75 Å². The fourth-order valence-electron chi connectivity index (χ4n) is 1.64. The average molecular weight is 243 g/mol. The minimum atomic E-state index is -1.31. The van der Waals surface area contributed by atoms with Crippen LogP contribution in [0.4, 0.5) is 16.2 Å². The van der Waals surface area contributed by atoms with Gasteiger partial charge in [-0.2, -0.15) is 0 Å². The first-order valence-electron chi connectivity index (χ1n) is 5.46. The zero-order valence-electron chi connectivity index (χ0n) is 9.91. The predicted octanol–water partition coefficient (Wildman–Crippen LogP) is 3.51. The van der Waals surface area contributed by atoms with Crippen molar-refractivity contribution in [3.63, 3.8) is 0 Å². The van der Waals surface area contributed by atoms with E-state index < -0.39 is 6.16 Å². The maximum absolute atomic E-state index is 10.4. The smallest absolute Gasteiger partial charge is 0.449 e. The van der Waals surface area contributed by atoms with Crippen molar-refractivity contribution in [1.29, 1.82) is 0 Å². The Morgan fingerprint density at radius 2 is 1.56 bits per heavy atom. The summed E-state index contributed by atoms with van der Waals surface area (Å²) < 4.78 is 4.55. The Morgan fingerprint density at radius 1 is 1.00 bits per heavy atom. The van der Waals surface area contributed by atoms with Gasteiger partial charge in [-0.15, -0.1) is 0 Å². The second-order valence-corrected chi connectivity index (χ2v) is 3.76. The summed E-state index contributed by atoms with van der Waals surface area (Å²) in [5, 5.41) is 8.49. The van der Waals surface area contributed by atoms with E-state index in [4.69, 9.17) is 5.11 Å². The van der Waals surface area contributed by atoms with E-state index >= 15 is 0 Å². The molecule has 2 rings (SSSR count). The van der Waals surface area contributed by atoms with Crippen LogP contribution in [0.3, 0.4) is 0 Å². The van der Waals surface area contributed by atoms with E-state index in [1.807, 2.05) is 54.4 Å². The number of benzene rings is 2. The summed E-state index contributed by atoms with van der Waals surface area (Å²) in [6.07, 6.45) is -1.31. The van der Waals surface area contributed by atoms with Gasteiger partial charge >= 0.3 is 6.16 Å². The molecule has 0 aliphatic heterocycles. The van der Waals surface area contributed by atoms with Gasteiger partial charge in [0.15, 0.2) is 0 Å². The Bertz CT molecular complexity index is 522. The maximum Gasteiger partial charge on any atom is 0.511 e. The number of carboxylic acid groups (broad SMARTS) is 1. The van der Waals surface area contributed by atoms with Crippen molar-refractivity contribution in [2.75, 3.05) is 11.9 Å². The van der Waals surface area contributed by atoms with E-state index in [1.165, 1.54) is 0 Å². The Morgan fingerprint density at radius 3 is 2.11 bits per heavy atom. The first-order chi connectivity index (χ1) is 8.66. The molecule has 0 aliphatic rings. The first-order valence-corrected chi connectivity index (χ1v) is 5.46. The molecule has 2 aromatic rings. The van der Waals surface area contributed by atoms with Crippen LogP contribution in [0, 0.1) is 0 Å². The second-order valence-electron chi connectivity index (χ2n) is 3.76. The molecule has 0 aliphatic carbocycles. The van der Waals surface area contributed by atoms with Crippen molar-refractivity contribution >= 4 is 17.5 Å². The number of nitrogens with zero attached hydrogens (tertiary/aromatic N) is 1. The Kier molecular flexibility index (Phi) is 3.48. The van der Waals surface area contributed by atoms with Gasteiger partial charge in [-0.1, -0.05) is 18.2 Å². The number of para-hydroxylation sites is 1. The van der Waals surface area contributed by atoms with E-state index in [9.17, 15) is 4.79 Å². The lowest BCUT2D eigenvalue weighted by Gasteiger charge is -2.19. The summed E-state index contributed by atoms with van der Waals surface area (Å²) in [6.45, 7) is 0. The predicted molar refractivity (Wildman–Crippen MR) is 69.6 cm³/mol. The number of hydrogen-bond acceptors (Lipinski definition) is 3. The van der Waals surface area contributed by atoms with Gasteiger partial charge in [0.25, 0.3) is 0 Å². The second kappa shape index (κ2) is 5.23. The van der Waals surface area contributed by atoms with Crippen LogP contribution in [0.5, 0.6) is 5.75 Å². The largest absolute Gasteiger partial charge is 0.511 e. The summed E-state index contributed by atoms with van der Waals surface area (Å²) >= 11 is 0. The highest BCUT2D eigenvalue weighted by molar-refractivity contribution is 5.65. The monoisotopic (exact) mass is 243 g/mol. The zero-order valence-corrected chi connectivity index (χ0v) is 9.91. The molecule has 0 spiro atoms. The van der Waals surface area contributed by atoms with Gasteiger partial charge in [0.05, 0.1) is 0 Å². The van der Waals surface area contributed by atoms with Crippen LogP contribution in [0.2, 0.25) is 0 Å². The van der Waals surface area contributed by atoms with Crippen molar-refractivity contribution in [3.8, 4) is 5.75 Å². The molecule has 4 nitrogen and oxygen atoms in total. The van der Waals surface area contributed by atoms with E-state index in [2.05, 4.69) is 4.74 Å². The highest BCUT2D eigenvalue weighted by Gasteiger charge is 2.05. The average Bonchev–Trinajstić information content (AvgIpc) is 2.39. The first kappa shape index (κ1) is 12.0. The fraction of sp³-hybridized carbons (Fsp3) is 0.0714. The van der Waals surface area contributed by atoms with Crippen molar-refractivity contribution < 1.29 is 14.6 Å². The van der Waals surface area contributed by atoms with Gasteiger partial charge in [-0.3, -0.25) is 0 Å². The third-order valence-electron chi connectivity index (χ3n) is 2.57. The molecule has 0 amide bonds. The van der Waals surface area contributed by atoms with Crippen LogP contribution >= 0.6 is 0 Å². The summed E-state index contributed by atoms with van der Waals surface area (Å²) in [5.41, 5.74) is 2.02. The van der Waals surface area contributed by atoms with Crippen LogP contribution in [0.1, 0.15) is 0 Å². The molecule has 92 valence electrons. The Balaban J connectivity index is 2.17. The van der Waals surface area contributed by atoms with E-state index in [0.717, 1.165) is 11.4 Å². The third-order valence-corrected chi connectivity index (χ3v) is 2.57. The molecule has 2 aromatic carbocycles. The van der Waals surface area contributed by atoms with E-state index in [-0.39, 0.29) is 0 Å². The van der Waals surface area contributed by atoms with Crippen LogP contribution in [-0.4, -0.2) is 18.3 Å². The number of rotatable bonds is 3. The minimum absolute atomic E-state index is 0.313. The molecule has 0 bridgehead atoms. The highest BCUT2D eigenvalue weighted by Crippen LogP contribution is 2.25. The molecule has 0 atom stereocenters. The van der Waals surface area contributed by atoms with Crippen molar-refractivity contribution in [2.24, 2.45) is 0 Å². The van der Waals surface area contributed by atoms with Crippen molar-refractivity contribution in [1.82, 2.24) is 0 Å². The number of carbonyl (C=O) groups is 1. The summed E-state index contributed by atoms with van der Waals surface area (Å²) in [6, 6.07) is 16.8. The number of hydrogen-bond donors (Lipinski definition) is 1. The van der Waals surface area contributed by atoms with Crippen LogP contribution in [0.15, 0.2) is 54.6 Å². The molecular weight excluding hydrogens is 230 g/mol. The summed E-state index contributed by atoms with van der Waals surface area (Å²) in [7, 11) is 1.95. The molecule has 0 saturated carbocycles. The van der Waals surface area contributed by atoms with E-state index in [1.54, 1.807) is 12.1 Å². The molecule has 0 radical (unpaired) electrons. The molecule has 1 N–H and O–H groups in total. The molecule has 0 saturated heterocycles. The number of ether oxygens (including phenoxy) is 1. The molecule has 0 unspecified atom stereocenters. The Hall–Kier alpha value is -2.49. The van der Waals surface area contributed by atoms with Gasteiger partial charge < -0.3 is 14.7 Å². The highest BCUT2D eigenvalue weighted by atomic mass is 16.7. The molecule has 0 fully saturated rings. The maximum atomic E-state index is 10.4. The lowest BCUT2D eigenvalue weighted by Crippen LogP contribution is -2.09. The Labute approximate surface area is 105 Å². The minimum Gasteiger partial charge on any atom is -0.449 e. The van der Waals surface area contributed by atoms with Crippen molar-refractivity contribution in [2.45, 2.75) is 0 Å². The van der Waals surface area contributed by atoms with Gasteiger partial charge in [-0.25, -0.2) is 4.79 Å². The topological polar surface area (TPSA) is 49.8 Å². The normalized spacial score (nSPS) is 9.83. The molecule has 4 heteroatoms. The van der Waals surface area contributed by atoms with E-state index in [0.29, 0.717) is 5.75 Å². The van der Waals surface area contributed by atoms with Crippen LogP contribution in [-0.2, 0) is 0 Å². The lowest BCUT2D eigenvalue weighted by molar-refractivity contribution is 0.144. The van der Waals surface area contributed by atoms with Crippen LogP contribution in [0.25, 0.3) is 0 Å². The quantitative estimate of drug-likeness (QED) is 0.662.